The van der Waals surface area contributed by atoms with E-state index in [1.807, 2.05) is 0 Å². The van der Waals surface area contributed by atoms with Gasteiger partial charge in [-0.1, -0.05) is 27.5 Å². The Kier molecular flexibility index (Phi) is 3.73. The van der Waals surface area contributed by atoms with Crippen LogP contribution in [0.25, 0.3) is 10.9 Å². The summed E-state index contributed by atoms with van der Waals surface area (Å²) < 4.78 is 5.62. The lowest BCUT2D eigenvalue weighted by Crippen LogP contribution is -2.07. The molecule has 0 aliphatic rings. The van der Waals surface area contributed by atoms with Crippen LogP contribution >= 0.6 is 27.5 Å². The number of ether oxygens (including phenoxy) is 1. The molecule has 0 atom stereocenters. The Hall–Kier alpha value is -1.33. The van der Waals surface area contributed by atoms with Crippen molar-refractivity contribution in [2.45, 2.75) is 6.92 Å². The Labute approximate surface area is 116 Å². The van der Waals surface area contributed by atoms with E-state index in [4.69, 9.17) is 16.3 Å². The Bertz CT molecular complexity index is 636. The number of halogens is 2. The number of esters is 1. The van der Waals surface area contributed by atoms with Gasteiger partial charge < -0.3 is 9.72 Å². The average molecular weight is 331 g/mol. The van der Waals surface area contributed by atoms with Crippen molar-refractivity contribution in [3.63, 3.8) is 0 Å². The fourth-order valence-corrected chi connectivity index (χ4v) is 2.58. The Morgan fingerprint density at radius 3 is 2.89 bits per heavy atom. The number of H-pyrrole nitrogens is 1. The molecule has 0 aliphatic carbocycles. The molecule has 0 bridgehead atoms. The van der Waals surface area contributed by atoms with Crippen LogP contribution < -0.4 is 0 Å². The summed E-state index contributed by atoms with van der Waals surface area (Å²) in [5.74, 6) is -0.567. The molecule has 4 nitrogen and oxygen atoms in total. The van der Waals surface area contributed by atoms with Crippen molar-refractivity contribution in [1.29, 1.82) is 0 Å². The minimum atomic E-state index is -0.567. The summed E-state index contributed by atoms with van der Waals surface area (Å²) in [6.45, 7) is 1.94. The summed E-state index contributed by atoms with van der Waals surface area (Å²) in [6.07, 6.45) is 0.619. The maximum atomic E-state index is 11.7. The van der Waals surface area contributed by atoms with Crippen LogP contribution in [0.4, 0.5) is 0 Å². The molecule has 0 amide bonds. The first kappa shape index (κ1) is 13.1. The van der Waals surface area contributed by atoms with Gasteiger partial charge in [-0.3, -0.25) is 4.79 Å². The Balaban J connectivity index is 2.72. The van der Waals surface area contributed by atoms with Crippen molar-refractivity contribution in [2.24, 2.45) is 0 Å². The lowest BCUT2D eigenvalue weighted by atomic mass is 10.1. The molecule has 1 heterocycles. The van der Waals surface area contributed by atoms with E-state index in [2.05, 4.69) is 20.9 Å². The summed E-state index contributed by atoms with van der Waals surface area (Å²) >= 11 is 9.35. The quantitative estimate of drug-likeness (QED) is 0.691. The van der Waals surface area contributed by atoms with Gasteiger partial charge in [0.2, 0.25) is 0 Å². The van der Waals surface area contributed by atoms with Gasteiger partial charge in [0, 0.05) is 9.86 Å². The van der Waals surface area contributed by atoms with Gasteiger partial charge in [-0.15, -0.1) is 0 Å². The predicted molar refractivity (Wildman–Crippen MR) is 72.4 cm³/mol. The first-order chi connectivity index (χ1) is 8.58. The number of hydrogen-bond donors (Lipinski definition) is 1. The molecule has 2 aromatic rings. The molecule has 1 N–H and O–H groups in total. The number of rotatable bonds is 3. The summed E-state index contributed by atoms with van der Waals surface area (Å²) in [4.78, 5) is 25.7. The Morgan fingerprint density at radius 1 is 1.56 bits per heavy atom. The second-order valence-corrected chi connectivity index (χ2v) is 4.89. The number of aromatic nitrogens is 1. The first-order valence-corrected chi connectivity index (χ1v) is 6.38. The highest BCUT2D eigenvalue weighted by Crippen LogP contribution is 2.31. The van der Waals surface area contributed by atoms with Gasteiger partial charge in [-0.2, -0.15) is 0 Å². The monoisotopic (exact) mass is 329 g/mol. The number of fused-ring (bicyclic) bond motifs is 1. The SMILES string of the molecule is CCOC(=O)c1[nH]c2c(Cl)cc(Br)cc2c1C=O. The number of aromatic amines is 1. The molecular formula is C12H9BrClNO3. The van der Waals surface area contributed by atoms with E-state index in [9.17, 15) is 9.59 Å². The summed E-state index contributed by atoms with van der Waals surface area (Å²) in [5, 5.41) is 1.02. The fourth-order valence-electron chi connectivity index (χ4n) is 1.73. The molecule has 1 aromatic carbocycles. The molecule has 0 unspecified atom stereocenters. The zero-order valence-electron chi connectivity index (χ0n) is 9.42. The van der Waals surface area contributed by atoms with E-state index in [-0.39, 0.29) is 17.9 Å². The second-order valence-electron chi connectivity index (χ2n) is 3.56. The molecule has 2 rings (SSSR count). The van der Waals surface area contributed by atoms with Crippen LogP contribution in [-0.2, 0) is 4.74 Å². The van der Waals surface area contributed by atoms with E-state index in [1.54, 1.807) is 19.1 Å². The molecule has 0 saturated heterocycles. The molecule has 18 heavy (non-hydrogen) atoms. The standard InChI is InChI=1S/C12H9BrClNO3/c1-2-18-12(17)11-8(5-16)7-3-6(13)4-9(14)10(7)15-11/h3-5,15H,2H2,1H3. The number of carbonyl (C=O) groups is 2. The van der Waals surface area contributed by atoms with Gasteiger partial charge in [0.1, 0.15) is 5.69 Å². The van der Waals surface area contributed by atoms with Crippen molar-refractivity contribution in [1.82, 2.24) is 4.98 Å². The smallest absolute Gasteiger partial charge is 0.355 e. The minimum Gasteiger partial charge on any atom is -0.461 e. The summed E-state index contributed by atoms with van der Waals surface area (Å²) in [7, 11) is 0. The molecule has 0 radical (unpaired) electrons. The van der Waals surface area contributed by atoms with Crippen LogP contribution in [0.3, 0.4) is 0 Å². The minimum absolute atomic E-state index is 0.127. The highest BCUT2D eigenvalue weighted by atomic mass is 79.9. The van der Waals surface area contributed by atoms with Crippen molar-refractivity contribution < 1.29 is 14.3 Å². The second kappa shape index (κ2) is 5.12. The number of benzene rings is 1. The molecule has 6 heteroatoms. The molecule has 0 aliphatic heterocycles. The highest BCUT2D eigenvalue weighted by molar-refractivity contribution is 9.10. The van der Waals surface area contributed by atoms with E-state index in [1.165, 1.54) is 0 Å². The third-order valence-corrected chi connectivity index (χ3v) is 3.22. The summed E-state index contributed by atoms with van der Waals surface area (Å²) in [5.41, 5.74) is 0.929. The van der Waals surface area contributed by atoms with Crippen molar-refractivity contribution in [3.05, 3.63) is 32.9 Å². The molecule has 0 spiro atoms. The lowest BCUT2D eigenvalue weighted by molar-refractivity contribution is 0.0518. The molecule has 0 fully saturated rings. The van der Waals surface area contributed by atoms with E-state index in [0.29, 0.717) is 22.2 Å². The van der Waals surface area contributed by atoms with Crippen LogP contribution in [0.5, 0.6) is 0 Å². The van der Waals surface area contributed by atoms with Crippen LogP contribution in [0.2, 0.25) is 5.02 Å². The van der Waals surface area contributed by atoms with Crippen LogP contribution in [0.15, 0.2) is 16.6 Å². The van der Waals surface area contributed by atoms with Crippen LogP contribution in [0, 0.1) is 0 Å². The van der Waals surface area contributed by atoms with E-state index < -0.39 is 5.97 Å². The van der Waals surface area contributed by atoms with Crippen molar-refractivity contribution in [3.8, 4) is 0 Å². The van der Waals surface area contributed by atoms with Gasteiger partial charge in [-0.05, 0) is 19.1 Å². The highest BCUT2D eigenvalue weighted by Gasteiger charge is 2.20. The third kappa shape index (κ3) is 2.15. The van der Waals surface area contributed by atoms with E-state index >= 15 is 0 Å². The van der Waals surface area contributed by atoms with Gasteiger partial charge in [0.05, 0.1) is 22.7 Å². The average Bonchev–Trinajstić information content (AvgIpc) is 2.68. The molecular weight excluding hydrogens is 321 g/mol. The van der Waals surface area contributed by atoms with Gasteiger partial charge in [0.15, 0.2) is 6.29 Å². The largest absolute Gasteiger partial charge is 0.461 e. The normalized spacial score (nSPS) is 10.6. The maximum absolute atomic E-state index is 11.7. The zero-order valence-corrected chi connectivity index (χ0v) is 11.8. The summed E-state index contributed by atoms with van der Waals surface area (Å²) in [6, 6.07) is 3.41. The van der Waals surface area contributed by atoms with Crippen LogP contribution in [-0.4, -0.2) is 23.8 Å². The zero-order chi connectivity index (χ0) is 13.3. The molecule has 94 valence electrons. The Morgan fingerprint density at radius 2 is 2.28 bits per heavy atom. The van der Waals surface area contributed by atoms with Crippen molar-refractivity contribution >= 4 is 50.7 Å². The molecule has 0 saturated carbocycles. The number of carbonyl (C=O) groups excluding carboxylic acids is 2. The fraction of sp³-hybridized carbons (Fsp3) is 0.167. The van der Waals surface area contributed by atoms with E-state index in [0.717, 1.165) is 4.47 Å². The van der Waals surface area contributed by atoms with Crippen LogP contribution in [0.1, 0.15) is 27.8 Å². The number of hydrogen-bond acceptors (Lipinski definition) is 3. The number of aldehydes is 1. The predicted octanol–water partition coefficient (Wildman–Crippen LogP) is 3.57. The maximum Gasteiger partial charge on any atom is 0.355 e. The van der Waals surface area contributed by atoms with Crippen molar-refractivity contribution in [2.75, 3.05) is 6.61 Å². The number of nitrogens with one attached hydrogen (secondary N) is 1. The van der Waals surface area contributed by atoms with Gasteiger partial charge in [-0.25, -0.2) is 4.79 Å². The first-order valence-electron chi connectivity index (χ1n) is 5.21. The third-order valence-electron chi connectivity index (χ3n) is 2.46. The lowest BCUT2D eigenvalue weighted by Gasteiger charge is -1.99. The topological polar surface area (TPSA) is 59.2 Å². The van der Waals surface area contributed by atoms with Gasteiger partial charge in [0.25, 0.3) is 0 Å². The van der Waals surface area contributed by atoms with Gasteiger partial charge >= 0.3 is 5.97 Å². The molecule has 1 aromatic heterocycles.